The van der Waals surface area contributed by atoms with E-state index in [1.165, 1.54) is 5.56 Å². The van der Waals surface area contributed by atoms with E-state index in [0.717, 1.165) is 12.2 Å². The molecular weight excluding hydrogens is 268 g/mol. The number of hydrogen-bond donors (Lipinski definition) is 1. The molecule has 0 aromatic heterocycles. The monoisotopic (exact) mass is 294 g/mol. The minimum atomic E-state index is -0.944. The van der Waals surface area contributed by atoms with Gasteiger partial charge in [0.05, 0.1) is 6.61 Å². The normalized spacial score (nSPS) is 13.0. The fourth-order valence-electron chi connectivity index (χ4n) is 1.97. The van der Waals surface area contributed by atoms with Crippen LogP contribution >= 0.6 is 0 Å². The van der Waals surface area contributed by atoms with Gasteiger partial charge in [0.2, 0.25) is 0 Å². The van der Waals surface area contributed by atoms with Gasteiger partial charge < -0.3 is 14.6 Å². The second-order valence-electron chi connectivity index (χ2n) is 5.68. The number of carboxylic acid groups (broad SMARTS) is 1. The van der Waals surface area contributed by atoms with Gasteiger partial charge in [0, 0.05) is 13.0 Å². The van der Waals surface area contributed by atoms with Crippen molar-refractivity contribution in [3.05, 3.63) is 29.8 Å². The van der Waals surface area contributed by atoms with Gasteiger partial charge >= 0.3 is 5.97 Å². The summed E-state index contributed by atoms with van der Waals surface area (Å²) in [5.41, 5.74) is 1.43. The van der Waals surface area contributed by atoms with E-state index >= 15 is 0 Å². The van der Waals surface area contributed by atoms with Crippen LogP contribution in [0.5, 0.6) is 5.75 Å². The molecule has 0 aliphatic carbocycles. The van der Waals surface area contributed by atoms with Gasteiger partial charge in [-0.15, -0.1) is 0 Å². The third-order valence-corrected chi connectivity index (χ3v) is 3.81. The highest BCUT2D eigenvalue weighted by atomic mass is 16.5. The highest BCUT2D eigenvalue weighted by Gasteiger charge is 2.18. The zero-order valence-electron chi connectivity index (χ0n) is 13.4. The third kappa shape index (κ3) is 5.38. The van der Waals surface area contributed by atoms with Crippen molar-refractivity contribution in [1.82, 2.24) is 0 Å². The summed E-state index contributed by atoms with van der Waals surface area (Å²) in [4.78, 5) is 10.9. The van der Waals surface area contributed by atoms with Crippen LogP contribution in [0.1, 0.15) is 46.1 Å². The molecule has 1 rings (SSSR count). The average Bonchev–Trinajstić information content (AvgIpc) is 2.46. The molecule has 0 aliphatic rings. The van der Waals surface area contributed by atoms with Crippen LogP contribution in [0.3, 0.4) is 0 Å². The maximum atomic E-state index is 10.9. The maximum Gasteiger partial charge on any atom is 0.332 e. The molecular formula is C17H26O4. The summed E-state index contributed by atoms with van der Waals surface area (Å²) in [6, 6.07) is 8.00. The first-order chi connectivity index (χ1) is 9.90. The highest BCUT2D eigenvalue weighted by molar-refractivity contribution is 5.72. The van der Waals surface area contributed by atoms with Crippen molar-refractivity contribution < 1.29 is 19.4 Å². The molecule has 0 radical (unpaired) electrons. The Labute approximate surface area is 127 Å². The molecule has 0 bridgehead atoms. The first-order valence-corrected chi connectivity index (χ1v) is 7.48. The molecule has 0 saturated heterocycles. The highest BCUT2D eigenvalue weighted by Crippen LogP contribution is 2.28. The Morgan fingerprint density at radius 1 is 1.24 bits per heavy atom. The van der Waals surface area contributed by atoms with Crippen LogP contribution in [0.4, 0.5) is 0 Å². The fourth-order valence-corrected chi connectivity index (χ4v) is 1.97. The molecule has 4 nitrogen and oxygen atoms in total. The third-order valence-electron chi connectivity index (χ3n) is 3.81. The van der Waals surface area contributed by atoms with Gasteiger partial charge in [-0.2, -0.15) is 0 Å². The number of carbonyl (C=O) groups is 1. The number of rotatable bonds is 9. The SMILES string of the molecule is CCOC(CCOc1ccc(C(C)(C)CC)cc1)C(=O)O. The maximum absolute atomic E-state index is 10.9. The van der Waals surface area contributed by atoms with Crippen LogP contribution in [0.15, 0.2) is 24.3 Å². The van der Waals surface area contributed by atoms with Gasteiger partial charge in [-0.3, -0.25) is 0 Å². The summed E-state index contributed by atoms with van der Waals surface area (Å²) in [7, 11) is 0. The minimum absolute atomic E-state index is 0.155. The molecule has 21 heavy (non-hydrogen) atoms. The molecule has 1 atom stereocenters. The Hall–Kier alpha value is -1.55. The number of ether oxygens (including phenoxy) is 2. The summed E-state index contributed by atoms with van der Waals surface area (Å²) in [6.07, 6.45) is 0.612. The van der Waals surface area contributed by atoms with Crippen LogP contribution in [-0.2, 0) is 14.9 Å². The lowest BCUT2D eigenvalue weighted by Gasteiger charge is -2.23. The number of carboxylic acids is 1. The van der Waals surface area contributed by atoms with E-state index in [1.807, 2.05) is 12.1 Å². The zero-order valence-corrected chi connectivity index (χ0v) is 13.4. The first kappa shape index (κ1) is 17.5. The number of aliphatic carboxylic acids is 1. The second kappa shape index (κ2) is 8.03. The predicted octanol–water partition coefficient (Wildman–Crippen LogP) is 3.63. The summed E-state index contributed by atoms with van der Waals surface area (Å²) in [5.74, 6) is -0.188. The Bertz CT molecular complexity index is 437. The van der Waals surface area contributed by atoms with E-state index in [0.29, 0.717) is 19.6 Å². The van der Waals surface area contributed by atoms with Crippen molar-refractivity contribution >= 4 is 5.97 Å². The lowest BCUT2D eigenvalue weighted by atomic mass is 9.82. The van der Waals surface area contributed by atoms with Crippen molar-refractivity contribution in [3.8, 4) is 5.75 Å². The molecule has 0 saturated carbocycles. The van der Waals surface area contributed by atoms with E-state index in [1.54, 1.807) is 6.92 Å². The van der Waals surface area contributed by atoms with E-state index in [-0.39, 0.29) is 5.41 Å². The minimum Gasteiger partial charge on any atom is -0.493 e. The number of hydrogen-bond acceptors (Lipinski definition) is 3. The Morgan fingerprint density at radius 2 is 1.86 bits per heavy atom. The molecule has 0 spiro atoms. The van der Waals surface area contributed by atoms with Gasteiger partial charge in [-0.1, -0.05) is 32.9 Å². The summed E-state index contributed by atoms with van der Waals surface area (Å²) >= 11 is 0. The van der Waals surface area contributed by atoms with Crippen LogP contribution in [0.2, 0.25) is 0 Å². The van der Waals surface area contributed by atoms with Gasteiger partial charge in [0.1, 0.15) is 5.75 Å². The molecule has 1 aromatic rings. The Morgan fingerprint density at radius 3 is 2.33 bits per heavy atom. The lowest BCUT2D eigenvalue weighted by molar-refractivity contribution is -0.150. The van der Waals surface area contributed by atoms with Crippen LogP contribution in [0.25, 0.3) is 0 Å². The van der Waals surface area contributed by atoms with Crippen LogP contribution in [0, 0.1) is 0 Å². The summed E-state index contributed by atoms with van der Waals surface area (Å²) in [6.45, 7) is 9.09. The molecule has 1 unspecified atom stereocenters. The van der Waals surface area contributed by atoms with E-state index in [4.69, 9.17) is 14.6 Å². The molecule has 0 aliphatic heterocycles. The van der Waals surface area contributed by atoms with E-state index in [2.05, 4.69) is 32.9 Å². The molecule has 1 N–H and O–H groups in total. The predicted molar refractivity (Wildman–Crippen MR) is 82.9 cm³/mol. The molecule has 0 heterocycles. The average molecular weight is 294 g/mol. The van der Waals surface area contributed by atoms with Crippen molar-refractivity contribution in [3.63, 3.8) is 0 Å². The molecule has 0 amide bonds. The summed E-state index contributed by atoms with van der Waals surface area (Å²) < 4.78 is 10.7. The van der Waals surface area contributed by atoms with Crippen LogP contribution < -0.4 is 4.74 Å². The second-order valence-corrected chi connectivity index (χ2v) is 5.68. The van der Waals surface area contributed by atoms with Gasteiger partial charge in [-0.25, -0.2) is 4.79 Å². The number of benzene rings is 1. The Kier molecular flexibility index (Phi) is 6.69. The smallest absolute Gasteiger partial charge is 0.332 e. The van der Waals surface area contributed by atoms with Crippen LogP contribution in [-0.4, -0.2) is 30.4 Å². The summed E-state index contributed by atoms with van der Waals surface area (Å²) in [5, 5.41) is 8.97. The standard InChI is InChI=1S/C17H26O4/c1-5-17(3,4)13-7-9-14(10-8-13)21-12-11-15(16(18)19)20-6-2/h7-10,15H,5-6,11-12H2,1-4H3,(H,18,19). The van der Waals surface area contributed by atoms with Crippen molar-refractivity contribution in [2.24, 2.45) is 0 Å². The quantitative estimate of drug-likeness (QED) is 0.755. The van der Waals surface area contributed by atoms with Crippen molar-refractivity contribution in [1.29, 1.82) is 0 Å². The molecule has 118 valence electrons. The molecule has 0 fully saturated rings. The Balaban J connectivity index is 2.51. The van der Waals surface area contributed by atoms with Gasteiger partial charge in [0.25, 0.3) is 0 Å². The van der Waals surface area contributed by atoms with Gasteiger partial charge in [0.15, 0.2) is 6.10 Å². The van der Waals surface area contributed by atoms with E-state index < -0.39 is 12.1 Å². The lowest BCUT2D eigenvalue weighted by Crippen LogP contribution is -2.26. The van der Waals surface area contributed by atoms with Crippen molar-refractivity contribution in [2.45, 2.75) is 52.1 Å². The largest absolute Gasteiger partial charge is 0.493 e. The molecule has 4 heteroatoms. The van der Waals surface area contributed by atoms with Crippen molar-refractivity contribution in [2.75, 3.05) is 13.2 Å². The van der Waals surface area contributed by atoms with Gasteiger partial charge in [-0.05, 0) is 36.5 Å². The fraction of sp³-hybridized carbons (Fsp3) is 0.588. The van der Waals surface area contributed by atoms with E-state index in [9.17, 15) is 4.79 Å². The zero-order chi connectivity index (χ0) is 15.9. The topological polar surface area (TPSA) is 55.8 Å². The first-order valence-electron chi connectivity index (χ1n) is 7.48. The molecule has 1 aromatic carbocycles.